The van der Waals surface area contributed by atoms with Gasteiger partial charge in [0, 0.05) is 10.9 Å². The summed E-state index contributed by atoms with van der Waals surface area (Å²) in [6, 6.07) is 9.39. The van der Waals surface area contributed by atoms with E-state index in [2.05, 4.69) is 50.4 Å². The van der Waals surface area contributed by atoms with Crippen molar-refractivity contribution >= 4 is 11.8 Å². The van der Waals surface area contributed by atoms with E-state index < -0.39 is 0 Å². The fourth-order valence-corrected chi connectivity index (χ4v) is 3.24. The van der Waals surface area contributed by atoms with E-state index in [0.29, 0.717) is 6.04 Å². The Morgan fingerprint density at radius 3 is 2.82 bits per heavy atom. The van der Waals surface area contributed by atoms with Crippen LogP contribution in [0.2, 0.25) is 0 Å². The topological polar surface area (TPSA) is 12.0 Å². The lowest BCUT2D eigenvalue weighted by atomic mass is 9.96. The summed E-state index contributed by atoms with van der Waals surface area (Å²) in [4.78, 5) is 1.47. The molecule has 1 nitrogen and oxygen atoms in total. The first-order chi connectivity index (χ1) is 8.18. The van der Waals surface area contributed by atoms with Gasteiger partial charge >= 0.3 is 0 Å². The van der Waals surface area contributed by atoms with E-state index in [1.165, 1.54) is 22.6 Å². The van der Waals surface area contributed by atoms with Crippen LogP contribution >= 0.6 is 11.8 Å². The monoisotopic (exact) mass is 249 g/mol. The highest BCUT2D eigenvalue weighted by atomic mass is 32.2. The Labute approximate surface area is 109 Å². The van der Waals surface area contributed by atoms with Gasteiger partial charge in [-0.25, -0.2) is 0 Å². The van der Waals surface area contributed by atoms with Crippen molar-refractivity contribution < 1.29 is 0 Å². The van der Waals surface area contributed by atoms with Crippen molar-refractivity contribution in [2.45, 2.75) is 38.1 Å². The van der Waals surface area contributed by atoms with Gasteiger partial charge in [-0.1, -0.05) is 39.0 Å². The first kappa shape index (κ1) is 13.0. The first-order valence-corrected chi connectivity index (χ1v) is 7.62. The van der Waals surface area contributed by atoms with Gasteiger partial charge in [-0.2, -0.15) is 0 Å². The number of hydrogen-bond acceptors (Lipinski definition) is 2. The van der Waals surface area contributed by atoms with E-state index in [1.54, 1.807) is 0 Å². The molecule has 1 heterocycles. The Hall–Kier alpha value is -0.470. The molecule has 0 aliphatic carbocycles. The molecule has 0 saturated carbocycles. The molecule has 0 radical (unpaired) electrons. The molecule has 1 aliphatic heterocycles. The zero-order chi connectivity index (χ0) is 12.3. The molecule has 0 amide bonds. The third-order valence-corrected chi connectivity index (χ3v) is 4.91. The molecule has 1 N–H and O–H groups in total. The highest BCUT2D eigenvalue weighted by Crippen LogP contribution is 2.35. The second-order valence-electron chi connectivity index (χ2n) is 5.36. The van der Waals surface area contributed by atoms with E-state index in [-0.39, 0.29) is 0 Å². The lowest BCUT2D eigenvalue weighted by Gasteiger charge is -2.28. The highest BCUT2D eigenvalue weighted by Gasteiger charge is 2.20. The van der Waals surface area contributed by atoms with E-state index in [1.807, 2.05) is 11.8 Å². The molecule has 2 unspecified atom stereocenters. The molecule has 2 heteroatoms. The Kier molecular flexibility index (Phi) is 4.52. The van der Waals surface area contributed by atoms with Crippen LogP contribution in [0.4, 0.5) is 0 Å². The van der Waals surface area contributed by atoms with Gasteiger partial charge in [0.15, 0.2) is 0 Å². The largest absolute Gasteiger partial charge is 0.310 e. The van der Waals surface area contributed by atoms with Crippen LogP contribution in [-0.2, 0) is 0 Å². The Bertz CT molecular complexity index is 362. The Balaban J connectivity index is 1.99. The molecule has 1 aliphatic rings. The van der Waals surface area contributed by atoms with Gasteiger partial charge < -0.3 is 5.32 Å². The van der Waals surface area contributed by atoms with Gasteiger partial charge in [0.25, 0.3) is 0 Å². The molecular weight excluding hydrogens is 226 g/mol. The second-order valence-corrected chi connectivity index (χ2v) is 6.49. The number of fused-ring (bicyclic) bond motifs is 1. The maximum absolute atomic E-state index is 3.75. The summed E-state index contributed by atoms with van der Waals surface area (Å²) in [6.45, 7) is 8.07. The maximum Gasteiger partial charge on any atom is 0.0339 e. The van der Waals surface area contributed by atoms with Gasteiger partial charge in [-0.3, -0.25) is 0 Å². The zero-order valence-electron chi connectivity index (χ0n) is 11.1. The molecule has 0 aromatic heterocycles. The van der Waals surface area contributed by atoms with Crippen molar-refractivity contribution in [3.05, 3.63) is 29.8 Å². The highest BCUT2D eigenvalue weighted by molar-refractivity contribution is 7.99. The molecule has 1 aromatic carbocycles. The fourth-order valence-electron chi connectivity index (χ4n) is 2.12. The average molecular weight is 249 g/mol. The molecule has 0 spiro atoms. The van der Waals surface area contributed by atoms with Crippen LogP contribution in [0.1, 0.15) is 38.8 Å². The average Bonchev–Trinajstić information content (AvgIpc) is 2.35. The minimum absolute atomic E-state index is 0.564. The van der Waals surface area contributed by atoms with Crippen molar-refractivity contribution in [2.75, 3.05) is 12.3 Å². The summed E-state index contributed by atoms with van der Waals surface area (Å²) in [5.41, 5.74) is 1.50. The van der Waals surface area contributed by atoms with E-state index >= 15 is 0 Å². The zero-order valence-corrected chi connectivity index (χ0v) is 11.9. The quantitative estimate of drug-likeness (QED) is 0.862. The Morgan fingerprint density at radius 2 is 2.06 bits per heavy atom. The van der Waals surface area contributed by atoms with Gasteiger partial charge in [0.05, 0.1) is 0 Å². The number of benzene rings is 1. The smallest absolute Gasteiger partial charge is 0.0339 e. The standard InChI is InChI=1S/C15H23NS/c1-11(2)12(3)10-16-14-8-9-17-15-7-5-4-6-13(14)15/h4-7,11-12,14,16H,8-10H2,1-3H3. The molecule has 0 fully saturated rings. The minimum atomic E-state index is 0.564. The van der Waals surface area contributed by atoms with Crippen molar-refractivity contribution in [1.29, 1.82) is 0 Å². The molecular formula is C15H23NS. The normalized spacial score (nSPS) is 21.3. The summed E-state index contributed by atoms with van der Waals surface area (Å²) in [6.07, 6.45) is 1.26. The first-order valence-electron chi connectivity index (χ1n) is 6.63. The van der Waals surface area contributed by atoms with Crippen LogP contribution in [0.3, 0.4) is 0 Å². The summed E-state index contributed by atoms with van der Waals surface area (Å²) >= 11 is 1.99. The van der Waals surface area contributed by atoms with Gasteiger partial charge in [0.1, 0.15) is 0 Å². The summed E-state index contributed by atoms with van der Waals surface area (Å²) < 4.78 is 0. The molecule has 2 rings (SSSR count). The fraction of sp³-hybridized carbons (Fsp3) is 0.600. The molecule has 94 valence electrons. The summed E-state index contributed by atoms with van der Waals surface area (Å²) in [7, 11) is 0. The van der Waals surface area contributed by atoms with Crippen molar-refractivity contribution in [3.63, 3.8) is 0 Å². The van der Waals surface area contributed by atoms with Gasteiger partial charge in [-0.05, 0) is 42.2 Å². The minimum Gasteiger partial charge on any atom is -0.310 e. The molecule has 17 heavy (non-hydrogen) atoms. The number of nitrogens with one attached hydrogen (secondary N) is 1. The summed E-state index contributed by atoms with van der Waals surface area (Å²) in [5.74, 6) is 2.75. The lowest BCUT2D eigenvalue weighted by molar-refractivity contribution is 0.364. The van der Waals surface area contributed by atoms with E-state index in [9.17, 15) is 0 Å². The van der Waals surface area contributed by atoms with Crippen molar-refractivity contribution in [1.82, 2.24) is 5.32 Å². The number of rotatable bonds is 4. The van der Waals surface area contributed by atoms with Crippen LogP contribution in [0.25, 0.3) is 0 Å². The third kappa shape index (κ3) is 3.26. The molecule has 1 aromatic rings. The lowest BCUT2D eigenvalue weighted by Crippen LogP contribution is -2.30. The van der Waals surface area contributed by atoms with Crippen LogP contribution < -0.4 is 5.32 Å². The predicted octanol–water partition coefficient (Wildman–Crippen LogP) is 4.11. The Morgan fingerprint density at radius 1 is 1.29 bits per heavy atom. The number of thioether (sulfide) groups is 1. The molecule has 2 atom stereocenters. The molecule has 0 bridgehead atoms. The van der Waals surface area contributed by atoms with Gasteiger partial charge in [-0.15, -0.1) is 11.8 Å². The van der Waals surface area contributed by atoms with Gasteiger partial charge in [0.2, 0.25) is 0 Å². The van der Waals surface area contributed by atoms with Crippen molar-refractivity contribution in [3.8, 4) is 0 Å². The maximum atomic E-state index is 3.75. The summed E-state index contributed by atoms with van der Waals surface area (Å²) in [5, 5.41) is 3.75. The van der Waals surface area contributed by atoms with E-state index in [0.717, 1.165) is 18.4 Å². The van der Waals surface area contributed by atoms with Crippen LogP contribution in [0.15, 0.2) is 29.2 Å². The number of hydrogen-bond donors (Lipinski definition) is 1. The van der Waals surface area contributed by atoms with E-state index in [4.69, 9.17) is 0 Å². The predicted molar refractivity (Wildman–Crippen MR) is 76.5 cm³/mol. The molecule has 0 saturated heterocycles. The third-order valence-electron chi connectivity index (χ3n) is 3.78. The SMILES string of the molecule is CC(C)C(C)CNC1CCSc2ccccc21. The second kappa shape index (κ2) is 5.92. The van der Waals surface area contributed by atoms with Crippen LogP contribution in [0, 0.1) is 11.8 Å². The van der Waals surface area contributed by atoms with Crippen molar-refractivity contribution in [2.24, 2.45) is 11.8 Å². The van der Waals surface area contributed by atoms with Crippen LogP contribution in [0.5, 0.6) is 0 Å². The van der Waals surface area contributed by atoms with Crippen LogP contribution in [-0.4, -0.2) is 12.3 Å².